The number of rotatable bonds is 5. The predicted molar refractivity (Wildman–Crippen MR) is 159 cm³/mol. The van der Waals surface area contributed by atoms with Crippen molar-refractivity contribution in [3.8, 4) is 0 Å². The van der Waals surface area contributed by atoms with Crippen LogP contribution in [0.5, 0.6) is 0 Å². The first-order chi connectivity index (χ1) is 20.5. The maximum Gasteiger partial charge on any atom is 0.416 e. The molecule has 2 aliphatic heterocycles. The molecule has 0 radical (unpaired) electrons. The number of anilines is 1. The third kappa shape index (κ3) is 4.65. The Morgan fingerprint density at radius 2 is 1.91 bits per heavy atom. The van der Waals surface area contributed by atoms with Crippen LogP contribution in [0.1, 0.15) is 89.4 Å². The van der Waals surface area contributed by atoms with Gasteiger partial charge in [0.1, 0.15) is 12.2 Å². The van der Waals surface area contributed by atoms with Gasteiger partial charge in [0.2, 0.25) is 0 Å². The van der Waals surface area contributed by atoms with Gasteiger partial charge >= 0.3 is 6.18 Å². The second-order valence-corrected chi connectivity index (χ2v) is 13.0. The van der Waals surface area contributed by atoms with Crippen LogP contribution in [0.2, 0.25) is 0 Å². The van der Waals surface area contributed by atoms with Gasteiger partial charge in [-0.15, -0.1) is 10.2 Å². The van der Waals surface area contributed by atoms with Crippen molar-refractivity contribution in [2.45, 2.75) is 77.1 Å². The van der Waals surface area contributed by atoms with E-state index in [4.69, 9.17) is 0 Å². The molecule has 3 aliphatic rings. The summed E-state index contributed by atoms with van der Waals surface area (Å²) in [6.07, 6.45) is 5.03. The summed E-state index contributed by atoms with van der Waals surface area (Å²) in [5.41, 5.74) is 3.11. The van der Waals surface area contributed by atoms with E-state index in [0.717, 1.165) is 79.5 Å². The van der Waals surface area contributed by atoms with Crippen LogP contribution in [0.4, 0.5) is 18.9 Å². The third-order valence-electron chi connectivity index (χ3n) is 9.95. The maximum atomic E-state index is 14.5. The first-order valence-electron chi connectivity index (χ1n) is 15.3. The fraction of sp³-hybridized carbons (Fsp3) is 0.485. The summed E-state index contributed by atoms with van der Waals surface area (Å²) in [6.45, 7) is 6.13. The Hall–Kier alpha value is -3.66. The molecule has 4 aromatic rings. The summed E-state index contributed by atoms with van der Waals surface area (Å²) in [7, 11) is 1.94. The van der Waals surface area contributed by atoms with Crippen LogP contribution in [-0.4, -0.2) is 43.6 Å². The van der Waals surface area contributed by atoms with E-state index in [0.29, 0.717) is 23.7 Å². The molecule has 2 fully saturated rings. The predicted octanol–water partition coefficient (Wildman–Crippen LogP) is 6.88. The molecule has 2 aromatic heterocycles. The van der Waals surface area contributed by atoms with Gasteiger partial charge in [0, 0.05) is 42.8 Å². The second-order valence-electron chi connectivity index (χ2n) is 13.0. The first kappa shape index (κ1) is 28.1. The number of carbonyl (C=O) groups is 1. The molecule has 2 aromatic carbocycles. The molecule has 0 bridgehead atoms. The highest BCUT2D eigenvalue weighted by Crippen LogP contribution is 2.49. The average Bonchev–Trinajstić information content (AvgIpc) is 3.75. The number of alkyl halides is 3. The van der Waals surface area contributed by atoms with Gasteiger partial charge in [0.15, 0.2) is 0 Å². The molecule has 4 heterocycles. The average molecular weight is 591 g/mol. The molecule has 1 amide bonds. The zero-order chi connectivity index (χ0) is 30.1. The molecule has 0 unspecified atom stereocenters. The van der Waals surface area contributed by atoms with Crippen molar-refractivity contribution < 1.29 is 18.0 Å². The van der Waals surface area contributed by atoms with E-state index in [1.807, 2.05) is 30.8 Å². The van der Waals surface area contributed by atoms with Crippen molar-refractivity contribution in [2.24, 2.45) is 13.0 Å². The lowest BCUT2D eigenvalue weighted by atomic mass is 9.77. The van der Waals surface area contributed by atoms with Gasteiger partial charge < -0.3 is 14.5 Å². The van der Waals surface area contributed by atoms with Crippen LogP contribution in [0, 0.1) is 12.8 Å². The standard InChI is InChI=1S/C33H37F3N6O/c1-20-7-6-10-41(16-20)17-22-11-24-25(26(12-22)33(34,35)36)18-42(30(24)43)28-14-23(13-27-29(28)21(2)15-37-27)32(8-4-5-9-32)31-39-38-19-40(31)3/h11-15,19-20,37H,4-10,16-18H2,1-3H3/t20-/m0/s1. The zero-order valence-electron chi connectivity index (χ0n) is 24.9. The van der Waals surface area contributed by atoms with Crippen molar-refractivity contribution in [1.29, 1.82) is 0 Å². The van der Waals surface area contributed by atoms with Gasteiger partial charge in [0.25, 0.3) is 5.91 Å². The number of nitrogens with zero attached hydrogens (tertiary/aromatic N) is 5. The van der Waals surface area contributed by atoms with Gasteiger partial charge in [-0.1, -0.05) is 19.8 Å². The molecule has 1 N–H and O–H groups in total. The molecular formula is C33H37F3N6O. The van der Waals surface area contributed by atoms with E-state index >= 15 is 0 Å². The number of aromatic nitrogens is 4. The highest BCUT2D eigenvalue weighted by atomic mass is 19.4. The quantitative estimate of drug-likeness (QED) is 0.275. The number of aromatic amines is 1. The van der Waals surface area contributed by atoms with Gasteiger partial charge in [-0.2, -0.15) is 13.2 Å². The van der Waals surface area contributed by atoms with Crippen molar-refractivity contribution in [2.75, 3.05) is 18.0 Å². The monoisotopic (exact) mass is 590 g/mol. The summed E-state index contributed by atoms with van der Waals surface area (Å²) in [5, 5.41) is 9.51. The Morgan fingerprint density at radius 3 is 2.60 bits per heavy atom. The van der Waals surface area contributed by atoms with Crippen LogP contribution >= 0.6 is 0 Å². The molecule has 1 atom stereocenters. The lowest BCUT2D eigenvalue weighted by molar-refractivity contribution is -0.138. The van der Waals surface area contributed by atoms with Crippen LogP contribution in [0.3, 0.4) is 0 Å². The second kappa shape index (κ2) is 10.2. The third-order valence-corrected chi connectivity index (χ3v) is 9.95. The van der Waals surface area contributed by atoms with Crippen molar-refractivity contribution in [3.63, 3.8) is 0 Å². The number of halogens is 3. The number of aryl methyl sites for hydroxylation is 2. The smallest absolute Gasteiger partial charge is 0.361 e. The number of nitrogens with one attached hydrogen (secondary N) is 1. The number of benzene rings is 2. The Morgan fingerprint density at radius 1 is 1.12 bits per heavy atom. The van der Waals surface area contributed by atoms with E-state index in [1.165, 1.54) is 6.07 Å². The lowest BCUT2D eigenvalue weighted by Crippen LogP contribution is -2.33. The fourth-order valence-electron chi connectivity index (χ4n) is 7.93. The Kier molecular flexibility index (Phi) is 6.68. The molecular weight excluding hydrogens is 553 g/mol. The van der Waals surface area contributed by atoms with Crippen molar-refractivity contribution >= 4 is 22.5 Å². The highest BCUT2D eigenvalue weighted by Gasteiger charge is 2.44. The highest BCUT2D eigenvalue weighted by molar-refractivity contribution is 6.14. The normalized spacial score (nSPS) is 20.8. The minimum absolute atomic E-state index is 0.0592. The molecule has 43 heavy (non-hydrogen) atoms. The Balaban J connectivity index is 1.34. The number of carbonyl (C=O) groups excluding carboxylic acids is 1. The number of hydrogen-bond donors (Lipinski definition) is 1. The van der Waals surface area contributed by atoms with E-state index < -0.39 is 17.2 Å². The van der Waals surface area contributed by atoms with E-state index in [2.05, 4.69) is 33.1 Å². The minimum Gasteiger partial charge on any atom is -0.361 e. The van der Waals surface area contributed by atoms with Gasteiger partial charge in [0.05, 0.1) is 23.2 Å². The van der Waals surface area contributed by atoms with Crippen LogP contribution in [0.25, 0.3) is 10.9 Å². The lowest BCUT2D eigenvalue weighted by Gasteiger charge is -2.31. The Labute approximate surface area is 249 Å². The number of piperidine rings is 1. The van der Waals surface area contributed by atoms with Gasteiger partial charge in [-0.05, 0) is 91.6 Å². The van der Waals surface area contributed by atoms with Gasteiger partial charge in [-0.25, -0.2) is 0 Å². The maximum absolute atomic E-state index is 14.5. The fourth-order valence-corrected chi connectivity index (χ4v) is 7.93. The Bertz CT molecular complexity index is 1710. The minimum atomic E-state index is -4.56. The molecule has 7 nitrogen and oxygen atoms in total. The summed E-state index contributed by atoms with van der Waals surface area (Å²) in [5.74, 6) is 0.990. The van der Waals surface area contributed by atoms with Gasteiger partial charge in [-0.3, -0.25) is 9.69 Å². The molecule has 0 spiro atoms. The molecule has 1 aliphatic carbocycles. The largest absolute Gasteiger partial charge is 0.416 e. The van der Waals surface area contributed by atoms with E-state index in [-0.39, 0.29) is 23.6 Å². The number of likely N-dealkylation sites (tertiary alicyclic amines) is 1. The molecule has 1 saturated heterocycles. The number of amides is 1. The molecule has 7 rings (SSSR count). The van der Waals surface area contributed by atoms with E-state index in [1.54, 1.807) is 17.3 Å². The summed E-state index contributed by atoms with van der Waals surface area (Å²) >= 11 is 0. The SMILES string of the molecule is Cc1c[nH]c2cc(C3(c4nncn4C)CCCC3)cc(N3Cc4c(cc(CN5CCC[C@H](C)C5)cc4C(F)(F)F)C3=O)c12. The zero-order valence-corrected chi connectivity index (χ0v) is 24.9. The molecule has 226 valence electrons. The first-order valence-corrected chi connectivity index (χ1v) is 15.3. The van der Waals surface area contributed by atoms with Crippen molar-refractivity contribution in [1.82, 2.24) is 24.6 Å². The molecule has 10 heteroatoms. The van der Waals surface area contributed by atoms with Crippen molar-refractivity contribution in [3.05, 3.63) is 76.0 Å². The van der Waals surface area contributed by atoms with Crippen LogP contribution in [0.15, 0.2) is 36.8 Å². The van der Waals surface area contributed by atoms with Crippen LogP contribution in [-0.2, 0) is 31.7 Å². The molecule has 1 saturated carbocycles. The summed E-state index contributed by atoms with van der Waals surface area (Å²) in [6, 6.07) is 7.12. The summed E-state index contributed by atoms with van der Waals surface area (Å²) < 4.78 is 45.6. The number of H-pyrrole nitrogens is 1. The number of fused-ring (bicyclic) bond motifs is 2. The summed E-state index contributed by atoms with van der Waals surface area (Å²) in [4.78, 5) is 21.3. The number of hydrogen-bond acceptors (Lipinski definition) is 4. The van der Waals surface area contributed by atoms with E-state index in [9.17, 15) is 18.0 Å². The van der Waals surface area contributed by atoms with Crippen LogP contribution < -0.4 is 4.90 Å². The topological polar surface area (TPSA) is 70.1 Å².